The van der Waals surface area contributed by atoms with Gasteiger partial charge in [-0.15, -0.1) is 0 Å². The molecule has 2 aromatic rings. The quantitative estimate of drug-likeness (QED) is 0.754. The van der Waals surface area contributed by atoms with Crippen LogP contribution in [0, 0.1) is 5.82 Å². The number of nitrogens with one attached hydrogen (secondary N) is 1. The molecule has 0 unspecified atom stereocenters. The SMILES string of the molecule is O=C(Cc1ccc(NC(=O)N(Cc2cccc(F)c2)C2CC2)cc1)N1CCSCC1. The Morgan fingerprint density at radius 3 is 2.47 bits per heavy atom. The van der Waals surface area contributed by atoms with Crippen LogP contribution in [0.25, 0.3) is 0 Å². The van der Waals surface area contributed by atoms with Crippen molar-refractivity contribution in [2.75, 3.05) is 29.9 Å². The Hall–Kier alpha value is -2.54. The molecule has 1 saturated heterocycles. The number of hydrogen-bond donors (Lipinski definition) is 1. The predicted octanol–water partition coefficient (Wildman–Crippen LogP) is 4.14. The van der Waals surface area contributed by atoms with Gasteiger partial charge in [0.2, 0.25) is 5.91 Å². The molecular formula is C23H26FN3O2S. The molecule has 2 fully saturated rings. The van der Waals surface area contributed by atoms with Gasteiger partial charge in [0.1, 0.15) is 5.82 Å². The standard InChI is InChI=1S/C23H26FN3O2S/c24-19-3-1-2-18(14-19)16-27(21-8-9-21)23(29)25-20-6-4-17(5-7-20)15-22(28)26-10-12-30-13-11-26/h1-7,14,21H,8-13,15-16H2,(H,25,29). The fourth-order valence-corrected chi connectivity index (χ4v) is 4.49. The highest BCUT2D eigenvalue weighted by Crippen LogP contribution is 2.29. The lowest BCUT2D eigenvalue weighted by molar-refractivity contribution is -0.130. The second-order valence-electron chi connectivity index (χ2n) is 7.79. The molecule has 0 atom stereocenters. The van der Waals surface area contributed by atoms with Crippen LogP contribution in [0.5, 0.6) is 0 Å². The van der Waals surface area contributed by atoms with E-state index in [0.717, 1.165) is 48.6 Å². The maximum atomic E-state index is 13.5. The molecular weight excluding hydrogens is 401 g/mol. The van der Waals surface area contributed by atoms with Crippen LogP contribution < -0.4 is 5.32 Å². The largest absolute Gasteiger partial charge is 0.341 e. The molecule has 1 N–H and O–H groups in total. The smallest absolute Gasteiger partial charge is 0.322 e. The molecule has 4 rings (SSSR count). The summed E-state index contributed by atoms with van der Waals surface area (Å²) in [6.07, 6.45) is 2.32. The summed E-state index contributed by atoms with van der Waals surface area (Å²) in [5.74, 6) is 1.87. The zero-order chi connectivity index (χ0) is 20.9. The fraction of sp³-hybridized carbons (Fsp3) is 0.391. The van der Waals surface area contributed by atoms with Gasteiger partial charge in [0.05, 0.1) is 6.42 Å². The molecule has 5 nitrogen and oxygen atoms in total. The van der Waals surface area contributed by atoms with E-state index in [1.807, 2.05) is 47.0 Å². The third-order valence-corrected chi connectivity index (χ3v) is 6.36. The Kier molecular flexibility index (Phi) is 6.57. The molecule has 2 aromatic carbocycles. The maximum Gasteiger partial charge on any atom is 0.322 e. The third kappa shape index (κ3) is 5.53. The number of urea groups is 1. The van der Waals surface area contributed by atoms with Crippen LogP contribution in [-0.2, 0) is 17.8 Å². The molecule has 1 aliphatic carbocycles. The number of halogens is 1. The average Bonchev–Trinajstić information content (AvgIpc) is 3.59. The normalized spacial score (nSPS) is 16.2. The zero-order valence-electron chi connectivity index (χ0n) is 16.9. The number of rotatable bonds is 6. The highest BCUT2D eigenvalue weighted by atomic mass is 32.2. The lowest BCUT2D eigenvalue weighted by Crippen LogP contribution is -2.38. The lowest BCUT2D eigenvalue weighted by atomic mass is 10.1. The second kappa shape index (κ2) is 9.51. The summed E-state index contributed by atoms with van der Waals surface area (Å²) in [5.41, 5.74) is 2.41. The first-order valence-electron chi connectivity index (χ1n) is 10.3. The van der Waals surface area contributed by atoms with Gasteiger partial charge in [-0.25, -0.2) is 9.18 Å². The van der Waals surface area contributed by atoms with Gasteiger partial charge in [-0.2, -0.15) is 11.8 Å². The van der Waals surface area contributed by atoms with E-state index in [1.54, 1.807) is 11.0 Å². The number of benzene rings is 2. The van der Waals surface area contributed by atoms with E-state index in [2.05, 4.69) is 5.32 Å². The van der Waals surface area contributed by atoms with Gasteiger partial charge in [0.25, 0.3) is 0 Å². The van der Waals surface area contributed by atoms with Gasteiger partial charge >= 0.3 is 6.03 Å². The molecule has 158 valence electrons. The summed E-state index contributed by atoms with van der Waals surface area (Å²) in [7, 11) is 0. The van der Waals surface area contributed by atoms with Gasteiger partial charge in [-0.3, -0.25) is 4.79 Å². The van der Waals surface area contributed by atoms with Crippen LogP contribution in [0.4, 0.5) is 14.9 Å². The number of carbonyl (C=O) groups is 2. The first kappa shape index (κ1) is 20.7. The molecule has 0 aromatic heterocycles. The number of thioether (sulfide) groups is 1. The van der Waals surface area contributed by atoms with E-state index in [0.29, 0.717) is 18.7 Å². The molecule has 0 bridgehead atoms. The monoisotopic (exact) mass is 427 g/mol. The van der Waals surface area contributed by atoms with Crippen LogP contribution in [0.15, 0.2) is 48.5 Å². The number of nitrogens with zero attached hydrogens (tertiary/aromatic N) is 2. The van der Waals surface area contributed by atoms with Gasteiger partial charge in [0, 0.05) is 42.9 Å². The van der Waals surface area contributed by atoms with Crippen LogP contribution in [0.2, 0.25) is 0 Å². The molecule has 1 aliphatic heterocycles. The number of anilines is 1. The van der Waals surface area contributed by atoms with E-state index in [1.165, 1.54) is 12.1 Å². The van der Waals surface area contributed by atoms with E-state index < -0.39 is 0 Å². The Morgan fingerprint density at radius 1 is 1.07 bits per heavy atom. The minimum absolute atomic E-state index is 0.155. The van der Waals surface area contributed by atoms with E-state index in [-0.39, 0.29) is 23.8 Å². The van der Waals surface area contributed by atoms with Crippen molar-refractivity contribution < 1.29 is 14.0 Å². The van der Waals surface area contributed by atoms with Crippen LogP contribution in [0.3, 0.4) is 0 Å². The summed E-state index contributed by atoms with van der Waals surface area (Å²) in [6, 6.07) is 13.8. The third-order valence-electron chi connectivity index (χ3n) is 5.41. The van der Waals surface area contributed by atoms with Crippen molar-refractivity contribution >= 4 is 29.4 Å². The summed E-state index contributed by atoms with van der Waals surface area (Å²) in [5, 5.41) is 2.94. The van der Waals surface area contributed by atoms with Gasteiger partial charge in [-0.05, 0) is 48.2 Å². The van der Waals surface area contributed by atoms with E-state index in [9.17, 15) is 14.0 Å². The Labute approximate surface area is 180 Å². The molecule has 1 heterocycles. The summed E-state index contributed by atoms with van der Waals surface area (Å²) < 4.78 is 13.5. The van der Waals surface area contributed by atoms with Crippen LogP contribution in [0.1, 0.15) is 24.0 Å². The lowest BCUT2D eigenvalue weighted by Gasteiger charge is -2.26. The van der Waals surface area contributed by atoms with Crippen molar-refractivity contribution in [3.8, 4) is 0 Å². The summed E-state index contributed by atoms with van der Waals surface area (Å²) >= 11 is 1.88. The molecule has 2 aliphatic rings. The number of hydrogen-bond acceptors (Lipinski definition) is 3. The van der Waals surface area contributed by atoms with Crippen LogP contribution >= 0.6 is 11.8 Å². The Balaban J connectivity index is 1.34. The highest BCUT2D eigenvalue weighted by molar-refractivity contribution is 7.99. The van der Waals surface area contributed by atoms with E-state index >= 15 is 0 Å². The van der Waals surface area contributed by atoms with Gasteiger partial charge in [-0.1, -0.05) is 24.3 Å². The van der Waals surface area contributed by atoms with Crippen molar-refractivity contribution in [3.63, 3.8) is 0 Å². The van der Waals surface area contributed by atoms with Crippen molar-refractivity contribution in [1.82, 2.24) is 9.80 Å². The minimum atomic E-state index is -0.294. The molecule has 3 amide bonds. The average molecular weight is 428 g/mol. The molecule has 7 heteroatoms. The van der Waals surface area contributed by atoms with E-state index in [4.69, 9.17) is 0 Å². The Morgan fingerprint density at radius 2 is 1.80 bits per heavy atom. The Bertz CT molecular complexity index is 896. The topological polar surface area (TPSA) is 52.7 Å². The molecule has 30 heavy (non-hydrogen) atoms. The summed E-state index contributed by atoms with van der Waals surface area (Å²) in [6.45, 7) is 2.02. The molecule has 0 radical (unpaired) electrons. The van der Waals surface area contributed by atoms with Crippen molar-refractivity contribution in [1.29, 1.82) is 0 Å². The zero-order valence-corrected chi connectivity index (χ0v) is 17.7. The highest BCUT2D eigenvalue weighted by Gasteiger charge is 2.32. The second-order valence-corrected chi connectivity index (χ2v) is 9.01. The van der Waals surface area contributed by atoms with Crippen molar-refractivity contribution in [3.05, 3.63) is 65.5 Å². The number of carbonyl (C=O) groups excluding carboxylic acids is 2. The van der Waals surface area contributed by atoms with Crippen LogP contribution in [-0.4, -0.2) is 52.4 Å². The number of amides is 3. The summed E-state index contributed by atoms with van der Waals surface area (Å²) in [4.78, 5) is 28.9. The van der Waals surface area contributed by atoms with Gasteiger partial charge in [0.15, 0.2) is 0 Å². The molecule has 1 saturated carbocycles. The van der Waals surface area contributed by atoms with Gasteiger partial charge < -0.3 is 15.1 Å². The first-order valence-corrected chi connectivity index (χ1v) is 11.5. The minimum Gasteiger partial charge on any atom is -0.341 e. The maximum absolute atomic E-state index is 13.5. The fourth-order valence-electron chi connectivity index (χ4n) is 3.59. The van der Waals surface area contributed by atoms with Crippen molar-refractivity contribution in [2.24, 2.45) is 0 Å². The predicted molar refractivity (Wildman–Crippen MR) is 118 cm³/mol. The molecule has 0 spiro atoms. The van der Waals surface area contributed by atoms with Crippen molar-refractivity contribution in [2.45, 2.75) is 31.8 Å². The first-order chi connectivity index (χ1) is 14.6.